The second-order valence-electron chi connectivity index (χ2n) is 5.12. The first-order valence-corrected chi connectivity index (χ1v) is 6.98. The highest BCUT2D eigenvalue weighted by Gasteiger charge is 2.07. The molecule has 0 spiro atoms. The smallest absolute Gasteiger partial charge is 0.308 e. The highest BCUT2D eigenvalue weighted by atomic mass is 16.5. The Labute approximate surface area is 126 Å². The van der Waals surface area contributed by atoms with Gasteiger partial charge >= 0.3 is 5.97 Å². The van der Waals surface area contributed by atoms with Crippen molar-refractivity contribution >= 4 is 38.8 Å². The fourth-order valence-corrected chi connectivity index (χ4v) is 2.62. The first-order valence-electron chi connectivity index (χ1n) is 6.98. The van der Waals surface area contributed by atoms with Crippen LogP contribution in [0.2, 0.25) is 0 Å². The summed E-state index contributed by atoms with van der Waals surface area (Å²) in [6, 6.07) is 17.4. The lowest BCUT2D eigenvalue weighted by molar-refractivity contribution is -0.131. The van der Waals surface area contributed by atoms with E-state index in [1.807, 2.05) is 36.4 Å². The second kappa shape index (κ2) is 4.77. The minimum Gasteiger partial charge on any atom is -0.427 e. The molecule has 0 aliphatic carbocycles. The molecule has 0 saturated carbocycles. The van der Waals surface area contributed by atoms with E-state index in [4.69, 9.17) is 9.72 Å². The predicted molar refractivity (Wildman–Crippen MR) is 85.9 cm³/mol. The number of carbonyl (C=O) groups excluding carboxylic acids is 1. The van der Waals surface area contributed by atoms with Gasteiger partial charge in [0.25, 0.3) is 0 Å². The average Bonchev–Trinajstić information content (AvgIpc) is 2.52. The van der Waals surface area contributed by atoms with Gasteiger partial charge in [-0.3, -0.25) is 4.79 Å². The molecule has 1 aromatic heterocycles. The fraction of sp³-hybridized carbons (Fsp3) is 0.0556. The molecule has 22 heavy (non-hydrogen) atoms. The molecule has 0 atom stereocenters. The summed E-state index contributed by atoms with van der Waals surface area (Å²) in [5.41, 5.74) is 3.19. The molecule has 1 heterocycles. The third-order valence-corrected chi connectivity index (χ3v) is 3.56. The van der Waals surface area contributed by atoms with E-state index in [2.05, 4.69) is 11.1 Å². The Morgan fingerprint density at radius 1 is 0.909 bits per heavy atom. The summed E-state index contributed by atoms with van der Waals surface area (Å²) in [6.07, 6.45) is 0. The van der Waals surface area contributed by atoms with Crippen molar-refractivity contribution in [2.45, 2.75) is 6.92 Å². The summed E-state index contributed by atoms with van der Waals surface area (Å²) in [4.78, 5) is 20.4. The lowest BCUT2D eigenvalue weighted by Gasteiger charge is -2.06. The van der Waals surface area contributed by atoms with Gasteiger partial charge in [-0.25, -0.2) is 9.97 Å². The van der Waals surface area contributed by atoms with Crippen molar-refractivity contribution in [3.63, 3.8) is 0 Å². The number of carbonyl (C=O) groups is 1. The van der Waals surface area contributed by atoms with Crippen LogP contribution in [0.5, 0.6) is 5.75 Å². The minimum absolute atomic E-state index is 0.349. The first-order chi connectivity index (χ1) is 10.7. The molecule has 0 amide bonds. The Morgan fingerprint density at radius 3 is 2.59 bits per heavy atom. The molecule has 0 bridgehead atoms. The van der Waals surface area contributed by atoms with E-state index >= 15 is 0 Å². The largest absolute Gasteiger partial charge is 0.427 e. The second-order valence-corrected chi connectivity index (χ2v) is 5.12. The van der Waals surface area contributed by atoms with E-state index in [0.29, 0.717) is 11.3 Å². The lowest BCUT2D eigenvalue weighted by Crippen LogP contribution is -2.01. The summed E-state index contributed by atoms with van der Waals surface area (Å²) in [7, 11) is 0. The molecule has 0 aliphatic heterocycles. The lowest BCUT2D eigenvalue weighted by atomic mass is 10.1. The number of fused-ring (bicyclic) bond motifs is 4. The zero-order valence-electron chi connectivity index (χ0n) is 11.9. The molecule has 4 rings (SSSR count). The number of aromatic nitrogens is 2. The third kappa shape index (κ3) is 2.05. The van der Waals surface area contributed by atoms with Crippen LogP contribution in [-0.2, 0) is 4.79 Å². The highest BCUT2D eigenvalue weighted by Crippen LogP contribution is 2.26. The quantitative estimate of drug-likeness (QED) is 0.231. The van der Waals surface area contributed by atoms with Crippen LogP contribution >= 0.6 is 0 Å². The van der Waals surface area contributed by atoms with Crippen molar-refractivity contribution < 1.29 is 9.53 Å². The van der Waals surface area contributed by atoms with Crippen LogP contribution in [0.25, 0.3) is 32.8 Å². The molecule has 0 saturated heterocycles. The SMILES string of the molecule is CC(=O)Oc1ccc2nc3ccc4ccccc4c3nc2c1. The summed E-state index contributed by atoms with van der Waals surface area (Å²) >= 11 is 0. The van der Waals surface area contributed by atoms with Crippen LogP contribution in [0.1, 0.15) is 6.92 Å². The van der Waals surface area contributed by atoms with Gasteiger partial charge in [0.1, 0.15) is 5.75 Å². The standard InChI is InChI=1S/C18H12N2O2/c1-11(21)22-13-7-9-15-17(10-13)20-18-14-5-3-2-4-12(14)6-8-16(18)19-15/h2-10H,1H3. The van der Waals surface area contributed by atoms with Gasteiger partial charge in [0, 0.05) is 18.4 Å². The van der Waals surface area contributed by atoms with Crippen LogP contribution in [0.15, 0.2) is 54.6 Å². The Hall–Kier alpha value is -3.01. The van der Waals surface area contributed by atoms with E-state index in [1.54, 1.807) is 12.1 Å². The number of rotatable bonds is 1. The van der Waals surface area contributed by atoms with Crippen molar-refractivity contribution in [2.24, 2.45) is 0 Å². The van der Waals surface area contributed by atoms with E-state index in [9.17, 15) is 4.79 Å². The van der Waals surface area contributed by atoms with Crippen LogP contribution in [-0.4, -0.2) is 15.9 Å². The zero-order valence-corrected chi connectivity index (χ0v) is 11.9. The van der Waals surface area contributed by atoms with Crippen molar-refractivity contribution in [2.75, 3.05) is 0 Å². The van der Waals surface area contributed by atoms with E-state index in [0.717, 1.165) is 27.3 Å². The molecule has 4 nitrogen and oxygen atoms in total. The van der Waals surface area contributed by atoms with E-state index in [-0.39, 0.29) is 5.97 Å². The maximum absolute atomic E-state index is 11.1. The molecule has 4 aromatic rings. The number of ether oxygens (including phenoxy) is 1. The van der Waals surface area contributed by atoms with Crippen LogP contribution in [0, 0.1) is 0 Å². The van der Waals surface area contributed by atoms with Crippen molar-refractivity contribution in [3.8, 4) is 5.75 Å². The molecule has 4 heteroatoms. The Kier molecular flexibility index (Phi) is 2.76. The van der Waals surface area contributed by atoms with E-state index in [1.165, 1.54) is 6.92 Å². The zero-order chi connectivity index (χ0) is 15.1. The monoisotopic (exact) mass is 288 g/mol. The fourth-order valence-electron chi connectivity index (χ4n) is 2.62. The van der Waals surface area contributed by atoms with Crippen LogP contribution in [0.4, 0.5) is 0 Å². The number of hydrogen-bond donors (Lipinski definition) is 0. The Bertz CT molecular complexity index is 1040. The predicted octanol–water partition coefficient (Wildman–Crippen LogP) is 3.86. The van der Waals surface area contributed by atoms with Gasteiger partial charge in [-0.1, -0.05) is 30.3 Å². The molecule has 0 N–H and O–H groups in total. The number of nitrogens with zero attached hydrogens (tertiary/aromatic N) is 2. The Morgan fingerprint density at radius 2 is 1.73 bits per heavy atom. The normalized spacial score (nSPS) is 11.1. The molecule has 0 fully saturated rings. The maximum atomic E-state index is 11.1. The van der Waals surface area contributed by atoms with Gasteiger partial charge in [0.2, 0.25) is 0 Å². The average molecular weight is 288 g/mol. The topological polar surface area (TPSA) is 52.1 Å². The molecular weight excluding hydrogens is 276 g/mol. The number of hydrogen-bond acceptors (Lipinski definition) is 4. The van der Waals surface area contributed by atoms with Gasteiger partial charge < -0.3 is 4.74 Å². The molecule has 106 valence electrons. The van der Waals surface area contributed by atoms with Crippen molar-refractivity contribution in [1.29, 1.82) is 0 Å². The minimum atomic E-state index is -0.349. The summed E-state index contributed by atoms with van der Waals surface area (Å²) < 4.78 is 5.12. The van der Waals surface area contributed by atoms with Gasteiger partial charge in [-0.15, -0.1) is 0 Å². The van der Waals surface area contributed by atoms with Crippen molar-refractivity contribution in [1.82, 2.24) is 9.97 Å². The van der Waals surface area contributed by atoms with Gasteiger partial charge in [0.05, 0.1) is 22.1 Å². The summed E-state index contributed by atoms with van der Waals surface area (Å²) in [5.74, 6) is 0.132. The number of esters is 1. The highest BCUT2D eigenvalue weighted by molar-refractivity contribution is 6.05. The van der Waals surface area contributed by atoms with Crippen molar-refractivity contribution in [3.05, 3.63) is 54.6 Å². The molecule has 0 unspecified atom stereocenters. The van der Waals surface area contributed by atoms with Crippen LogP contribution in [0.3, 0.4) is 0 Å². The Balaban J connectivity index is 2.03. The molecule has 0 aliphatic rings. The summed E-state index contributed by atoms with van der Waals surface area (Å²) in [6.45, 7) is 1.38. The maximum Gasteiger partial charge on any atom is 0.308 e. The third-order valence-electron chi connectivity index (χ3n) is 3.56. The van der Waals surface area contributed by atoms with Gasteiger partial charge in [-0.05, 0) is 23.6 Å². The van der Waals surface area contributed by atoms with Gasteiger partial charge in [-0.2, -0.15) is 0 Å². The summed E-state index contributed by atoms with van der Waals surface area (Å²) in [5, 5.41) is 2.19. The molecule has 3 aromatic carbocycles. The number of benzene rings is 3. The van der Waals surface area contributed by atoms with Crippen LogP contribution < -0.4 is 4.74 Å². The first kappa shape index (κ1) is 12.7. The molecule has 0 radical (unpaired) electrons. The molecular formula is C18H12N2O2. The van der Waals surface area contributed by atoms with Gasteiger partial charge in [0.15, 0.2) is 0 Å². The van der Waals surface area contributed by atoms with E-state index < -0.39 is 0 Å².